The number of hydrogen-bond donors (Lipinski definition) is 0. The van der Waals surface area contributed by atoms with Crippen molar-refractivity contribution in [1.82, 2.24) is 0 Å². The second-order valence-electron chi connectivity index (χ2n) is 7.26. The van der Waals surface area contributed by atoms with E-state index in [-0.39, 0.29) is 5.97 Å². The molecule has 0 aromatic carbocycles. The third kappa shape index (κ3) is 22.5. The second-order valence-corrected chi connectivity index (χ2v) is 7.26. The summed E-state index contributed by atoms with van der Waals surface area (Å²) in [6.07, 6.45) is 32.8. The number of carbonyl (C=O) groups is 1. The molecular weight excluding hydrogens is 344 g/mol. The summed E-state index contributed by atoms with van der Waals surface area (Å²) in [5, 5.41) is 0. The topological polar surface area (TPSA) is 26.3 Å². The number of unbranched alkanes of at least 4 members (excludes halogenated alkanes) is 9. The molecule has 0 aromatic heterocycles. The summed E-state index contributed by atoms with van der Waals surface area (Å²) in [6.45, 7) is 4.88. The molecule has 0 N–H and O–H groups in total. The molecule has 0 fully saturated rings. The van der Waals surface area contributed by atoms with Gasteiger partial charge in [0.05, 0.1) is 6.61 Å². The van der Waals surface area contributed by atoms with E-state index >= 15 is 0 Å². The van der Waals surface area contributed by atoms with Crippen LogP contribution in [0.4, 0.5) is 0 Å². The molecule has 2 heteroatoms. The Bertz CT molecular complexity index is 403. The third-order valence-electron chi connectivity index (χ3n) is 4.52. The summed E-state index contributed by atoms with van der Waals surface area (Å²) < 4.78 is 5.33. The van der Waals surface area contributed by atoms with Crippen LogP contribution in [0.5, 0.6) is 0 Å². The van der Waals surface area contributed by atoms with Crippen LogP contribution < -0.4 is 0 Å². The van der Waals surface area contributed by atoms with Crippen molar-refractivity contribution in [3.05, 3.63) is 48.6 Å². The number of hydrogen-bond acceptors (Lipinski definition) is 2. The van der Waals surface area contributed by atoms with Gasteiger partial charge in [0.1, 0.15) is 0 Å². The molecule has 0 heterocycles. The van der Waals surface area contributed by atoms with Gasteiger partial charge in [0.2, 0.25) is 0 Å². The van der Waals surface area contributed by atoms with Crippen LogP contribution in [0.2, 0.25) is 0 Å². The van der Waals surface area contributed by atoms with Crippen LogP contribution in [-0.4, -0.2) is 12.6 Å². The van der Waals surface area contributed by atoms with E-state index in [1.807, 2.05) is 0 Å². The van der Waals surface area contributed by atoms with Gasteiger partial charge in [-0.3, -0.25) is 4.79 Å². The minimum atomic E-state index is -0.0173. The number of esters is 1. The number of carbonyl (C=O) groups excluding carboxylic acids is 1. The molecule has 0 saturated carbocycles. The van der Waals surface area contributed by atoms with Gasteiger partial charge in [0.15, 0.2) is 0 Å². The molecule has 2 nitrogen and oxygen atoms in total. The van der Waals surface area contributed by atoms with Crippen molar-refractivity contribution < 1.29 is 9.53 Å². The van der Waals surface area contributed by atoms with E-state index in [2.05, 4.69) is 62.5 Å². The fraction of sp³-hybridized carbons (Fsp3) is 0.654. The van der Waals surface area contributed by atoms with E-state index < -0.39 is 0 Å². The maximum absolute atomic E-state index is 11.7. The zero-order chi connectivity index (χ0) is 20.5. The van der Waals surface area contributed by atoms with Gasteiger partial charge in [-0.2, -0.15) is 0 Å². The molecule has 0 aromatic rings. The van der Waals surface area contributed by atoms with E-state index in [1.54, 1.807) is 0 Å². The number of rotatable bonds is 19. The monoisotopic (exact) mass is 388 g/mol. The van der Waals surface area contributed by atoms with Crippen molar-refractivity contribution in [1.29, 1.82) is 0 Å². The molecule has 0 atom stereocenters. The van der Waals surface area contributed by atoms with Crippen LogP contribution in [0.25, 0.3) is 0 Å². The highest BCUT2D eigenvalue weighted by molar-refractivity contribution is 5.69. The zero-order valence-corrected chi connectivity index (χ0v) is 18.5. The third-order valence-corrected chi connectivity index (χ3v) is 4.52. The molecule has 0 rings (SSSR count). The summed E-state index contributed by atoms with van der Waals surface area (Å²) >= 11 is 0. The van der Waals surface area contributed by atoms with Gasteiger partial charge in [-0.05, 0) is 51.4 Å². The highest BCUT2D eigenvalue weighted by Crippen LogP contribution is 2.09. The first-order valence-corrected chi connectivity index (χ1v) is 11.6. The molecule has 0 bridgehead atoms. The van der Waals surface area contributed by atoms with Gasteiger partial charge in [-0.25, -0.2) is 0 Å². The molecule has 0 aliphatic rings. The fourth-order valence-corrected chi connectivity index (χ4v) is 2.82. The Morgan fingerprint density at radius 2 is 1.07 bits per heavy atom. The Morgan fingerprint density at radius 1 is 0.607 bits per heavy atom. The minimum absolute atomic E-state index is 0.0173. The smallest absolute Gasteiger partial charge is 0.305 e. The number of ether oxygens (including phenoxy) is 1. The molecule has 0 aliphatic heterocycles. The van der Waals surface area contributed by atoms with Crippen LogP contribution in [0.15, 0.2) is 48.6 Å². The Hall–Kier alpha value is -1.57. The SMILES string of the molecule is CC/C=C\C=C/CCCCCCCC(=O)OCCCCCC/C=C\C=C/CC. The summed E-state index contributed by atoms with van der Waals surface area (Å²) in [5.74, 6) is -0.0173. The average molecular weight is 389 g/mol. The minimum Gasteiger partial charge on any atom is -0.466 e. The molecule has 160 valence electrons. The molecule has 0 unspecified atom stereocenters. The molecule has 0 spiro atoms. The van der Waals surface area contributed by atoms with Gasteiger partial charge >= 0.3 is 5.97 Å². The molecule has 0 aliphatic carbocycles. The first kappa shape index (κ1) is 26.4. The lowest BCUT2D eigenvalue weighted by Crippen LogP contribution is -2.05. The van der Waals surface area contributed by atoms with Gasteiger partial charge in [-0.1, -0.05) is 94.6 Å². The van der Waals surface area contributed by atoms with Gasteiger partial charge in [-0.15, -0.1) is 0 Å². The summed E-state index contributed by atoms with van der Waals surface area (Å²) in [5.41, 5.74) is 0. The lowest BCUT2D eigenvalue weighted by Gasteiger charge is -2.05. The summed E-state index contributed by atoms with van der Waals surface area (Å²) in [4.78, 5) is 11.7. The zero-order valence-electron chi connectivity index (χ0n) is 18.5. The Labute approximate surface area is 174 Å². The molecule has 0 radical (unpaired) electrons. The molecule has 28 heavy (non-hydrogen) atoms. The van der Waals surface area contributed by atoms with Crippen molar-refractivity contribution >= 4 is 5.97 Å². The van der Waals surface area contributed by atoms with Crippen molar-refractivity contribution in [2.24, 2.45) is 0 Å². The van der Waals surface area contributed by atoms with Crippen LogP contribution in [0.3, 0.4) is 0 Å². The largest absolute Gasteiger partial charge is 0.466 e. The maximum Gasteiger partial charge on any atom is 0.305 e. The van der Waals surface area contributed by atoms with Gasteiger partial charge in [0, 0.05) is 6.42 Å². The fourth-order valence-electron chi connectivity index (χ4n) is 2.82. The maximum atomic E-state index is 11.7. The van der Waals surface area contributed by atoms with Gasteiger partial charge < -0.3 is 4.74 Å². The van der Waals surface area contributed by atoms with Crippen LogP contribution in [-0.2, 0) is 9.53 Å². The lowest BCUT2D eigenvalue weighted by molar-refractivity contribution is -0.143. The Balaban J connectivity index is 3.29. The highest BCUT2D eigenvalue weighted by atomic mass is 16.5. The summed E-state index contributed by atoms with van der Waals surface area (Å²) in [6, 6.07) is 0. The second kappa shape index (κ2) is 23.5. The van der Waals surface area contributed by atoms with E-state index in [0.717, 1.165) is 51.4 Å². The van der Waals surface area contributed by atoms with Gasteiger partial charge in [0.25, 0.3) is 0 Å². The average Bonchev–Trinajstić information content (AvgIpc) is 2.70. The molecule has 0 amide bonds. The summed E-state index contributed by atoms with van der Waals surface area (Å²) in [7, 11) is 0. The van der Waals surface area contributed by atoms with E-state index in [1.165, 1.54) is 32.1 Å². The lowest BCUT2D eigenvalue weighted by atomic mass is 10.1. The first-order chi connectivity index (χ1) is 13.8. The Morgan fingerprint density at radius 3 is 1.64 bits per heavy atom. The standard InChI is InChI=1S/C26H44O2/c1-3-5-7-9-11-13-15-16-18-20-22-24-26(27)28-25-23-21-19-17-14-12-10-8-6-4-2/h5-12H,3-4,13-25H2,1-2H3/b7-5-,8-6-,11-9-,12-10-. The quantitative estimate of drug-likeness (QED) is 0.126. The molecule has 0 saturated heterocycles. The van der Waals surface area contributed by atoms with Crippen molar-refractivity contribution in [3.8, 4) is 0 Å². The van der Waals surface area contributed by atoms with E-state index in [0.29, 0.717) is 13.0 Å². The van der Waals surface area contributed by atoms with Crippen molar-refractivity contribution in [2.45, 2.75) is 104 Å². The van der Waals surface area contributed by atoms with E-state index in [4.69, 9.17) is 4.74 Å². The van der Waals surface area contributed by atoms with Crippen LogP contribution >= 0.6 is 0 Å². The number of allylic oxidation sites excluding steroid dienone is 8. The van der Waals surface area contributed by atoms with Crippen molar-refractivity contribution in [2.75, 3.05) is 6.61 Å². The van der Waals surface area contributed by atoms with Crippen LogP contribution in [0.1, 0.15) is 104 Å². The molecular formula is C26H44O2. The first-order valence-electron chi connectivity index (χ1n) is 11.6. The van der Waals surface area contributed by atoms with E-state index in [9.17, 15) is 4.79 Å². The Kier molecular flexibility index (Phi) is 22.2. The predicted molar refractivity (Wildman–Crippen MR) is 124 cm³/mol. The normalized spacial score (nSPS) is 12.2. The van der Waals surface area contributed by atoms with Crippen molar-refractivity contribution in [3.63, 3.8) is 0 Å². The van der Waals surface area contributed by atoms with Crippen LogP contribution in [0, 0.1) is 0 Å². The highest BCUT2D eigenvalue weighted by Gasteiger charge is 2.02. The predicted octanol–water partition coefficient (Wildman–Crippen LogP) is 8.26.